The molecule has 0 saturated carbocycles. The molecule has 0 radical (unpaired) electrons. The van der Waals surface area contributed by atoms with Gasteiger partial charge in [0, 0.05) is 17.3 Å². The number of thiophene rings is 1. The molecule has 2 rings (SSSR count). The Morgan fingerprint density at radius 3 is 2.85 bits per heavy atom. The fourth-order valence-corrected chi connectivity index (χ4v) is 3.18. The topological polar surface area (TPSA) is 35.2 Å². The molecular formula is C16H20BrNOS. The second-order valence-corrected chi connectivity index (χ2v) is 6.70. The van der Waals surface area contributed by atoms with Crippen LogP contribution in [0.25, 0.3) is 0 Å². The van der Waals surface area contributed by atoms with E-state index in [9.17, 15) is 0 Å². The Labute approximate surface area is 133 Å². The molecule has 1 unspecified atom stereocenters. The largest absolute Gasteiger partial charge is 0.492 e. The fourth-order valence-electron chi connectivity index (χ4n) is 1.95. The van der Waals surface area contributed by atoms with Gasteiger partial charge in [-0.25, -0.2) is 0 Å². The van der Waals surface area contributed by atoms with Crippen LogP contribution in [-0.4, -0.2) is 12.6 Å². The van der Waals surface area contributed by atoms with Crippen LogP contribution in [0.5, 0.6) is 5.75 Å². The minimum absolute atomic E-state index is 0.229. The first-order chi connectivity index (χ1) is 9.69. The summed E-state index contributed by atoms with van der Waals surface area (Å²) in [7, 11) is 0. The quantitative estimate of drug-likeness (QED) is 0.799. The number of hydrogen-bond donors (Lipinski definition) is 1. The van der Waals surface area contributed by atoms with E-state index in [1.165, 1.54) is 10.4 Å². The Hall–Kier alpha value is -0.840. The molecule has 20 heavy (non-hydrogen) atoms. The molecule has 0 spiro atoms. The predicted octanol–water partition coefficient (Wildman–Crippen LogP) is 4.41. The number of ether oxygens (including phenoxy) is 1. The van der Waals surface area contributed by atoms with E-state index in [-0.39, 0.29) is 6.04 Å². The SMILES string of the molecule is CCC(N)Cc1ccc(OCCc2cccs2)c(Br)c1. The van der Waals surface area contributed by atoms with Crippen molar-refractivity contribution in [2.45, 2.75) is 32.2 Å². The third-order valence-electron chi connectivity index (χ3n) is 3.20. The molecule has 0 fully saturated rings. The van der Waals surface area contributed by atoms with Gasteiger partial charge in [-0.1, -0.05) is 19.1 Å². The van der Waals surface area contributed by atoms with Crippen molar-refractivity contribution in [2.24, 2.45) is 5.73 Å². The number of benzene rings is 1. The molecule has 0 saturated heterocycles. The average Bonchev–Trinajstić information content (AvgIpc) is 2.94. The van der Waals surface area contributed by atoms with Gasteiger partial charge >= 0.3 is 0 Å². The molecule has 2 nitrogen and oxygen atoms in total. The van der Waals surface area contributed by atoms with E-state index in [0.29, 0.717) is 6.61 Å². The second kappa shape index (κ2) is 7.81. The smallest absolute Gasteiger partial charge is 0.133 e. The number of rotatable bonds is 7. The molecule has 0 aliphatic heterocycles. The zero-order valence-corrected chi connectivity index (χ0v) is 14.0. The monoisotopic (exact) mass is 353 g/mol. The summed E-state index contributed by atoms with van der Waals surface area (Å²) in [5, 5.41) is 2.09. The van der Waals surface area contributed by atoms with Gasteiger partial charge in [0.05, 0.1) is 11.1 Å². The maximum Gasteiger partial charge on any atom is 0.133 e. The summed E-state index contributed by atoms with van der Waals surface area (Å²) in [6.07, 6.45) is 2.85. The molecule has 1 atom stereocenters. The molecule has 1 heterocycles. The average molecular weight is 354 g/mol. The van der Waals surface area contributed by atoms with Gasteiger partial charge < -0.3 is 10.5 Å². The van der Waals surface area contributed by atoms with Crippen molar-refractivity contribution in [3.05, 3.63) is 50.6 Å². The van der Waals surface area contributed by atoms with Gasteiger partial charge in [-0.3, -0.25) is 0 Å². The van der Waals surface area contributed by atoms with E-state index >= 15 is 0 Å². The Morgan fingerprint density at radius 1 is 1.35 bits per heavy atom. The van der Waals surface area contributed by atoms with Crippen molar-refractivity contribution in [2.75, 3.05) is 6.61 Å². The van der Waals surface area contributed by atoms with Crippen LogP contribution in [0.3, 0.4) is 0 Å². The highest BCUT2D eigenvalue weighted by Crippen LogP contribution is 2.27. The van der Waals surface area contributed by atoms with E-state index in [4.69, 9.17) is 10.5 Å². The third kappa shape index (κ3) is 4.62. The number of halogens is 1. The third-order valence-corrected chi connectivity index (χ3v) is 4.76. The van der Waals surface area contributed by atoms with Gasteiger partial charge in [-0.05, 0) is 57.9 Å². The van der Waals surface area contributed by atoms with Crippen LogP contribution in [0, 0.1) is 0 Å². The standard InChI is InChI=1S/C16H20BrNOS/c1-2-13(18)10-12-5-6-16(15(17)11-12)19-8-7-14-4-3-9-20-14/h3-6,9,11,13H,2,7-8,10,18H2,1H3. The van der Waals surface area contributed by atoms with Gasteiger partial charge in [0.2, 0.25) is 0 Å². The van der Waals surface area contributed by atoms with Crippen LogP contribution in [0.2, 0.25) is 0 Å². The van der Waals surface area contributed by atoms with Crippen LogP contribution in [0.1, 0.15) is 23.8 Å². The Bertz CT molecular complexity index is 527. The first-order valence-electron chi connectivity index (χ1n) is 6.88. The summed E-state index contributed by atoms with van der Waals surface area (Å²) in [6, 6.07) is 10.7. The van der Waals surface area contributed by atoms with Crippen LogP contribution in [0.4, 0.5) is 0 Å². The van der Waals surface area contributed by atoms with E-state index in [0.717, 1.165) is 29.5 Å². The zero-order chi connectivity index (χ0) is 14.4. The first kappa shape index (κ1) is 15.5. The van der Waals surface area contributed by atoms with Crippen LogP contribution in [0.15, 0.2) is 40.2 Å². The van der Waals surface area contributed by atoms with Crippen molar-refractivity contribution in [3.63, 3.8) is 0 Å². The van der Waals surface area contributed by atoms with Gasteiger partial charge in [-0.15, -0.1) is 11.3 Å². The van der Waals surface area contributed by atoms with Crippen LogP contribution >= 0.6 is 27.3 Å². The lowest BCUT2D eigenvalue weighted by molar-refractivity contribution is 0.321. The number of hydrogen-bond acceptors (Lipinski definition) is 3. The Balaban J connectivity index is 1.88. The number of nitrogens with two attached hydrogens (primary N) is 1. The second-order valence-electron chi connectivity index (χ2n) is 4.82. The molecule has 108 valence electrons. The summed E-state index contributed by atoms with van der Waals surface area (Å²) >= 11 is 5.34. The molecule has 0 bridgehead atoms. The molecular weight excluding hydrogens is 334 g/mol. The van der Waals surface area contributed by atoms with Gasteiger partial charge in [-0.2, -0.15) is 0 Å². The zero-order valence-electron chi connectivity index (χ0n) is 11.6. The maximum atomic E-state index is 5.98. The summed E-state index contributed by atoms with van der Waals surface area (Å²) in [5.74, 6) is 0.898. The van der Waals surface area contributed by atoms with E-state index in [1.54, 1.807) is 11.3 Å². The minimum atomic E-state index is 0.229. The van der Waals surface area contributed by atoms with E-state index < -0.39 is 0 Å². The van der Waals surface area contributed by atoms with Crippen LogP contribution in [-0.2, 0) is 12.8 Å². The van der Waals surface area contributed by atoms with Gasteiger partial charge in [0.1, 0.15) is 5.75 Å². The summed E-state index contributed by atoms with van der Waals surface area (Å²) in [6.45, 7) is 2.81. The van der Waals surface area contributed by atoms with Crippen molar-refractivity contribution in [1.29, 1.82) is 0 Å². The molecule has 2 aromatic rings. The normalized spacial score (nSPS) is 12.3. The highest BCUT2D eigenvalue weighted by Gasteiger charge is 2.06. The lowest BCUT2D eigenvalue weighted by Gasteiger charge is -2.12. The molecule has 4 heteroatoms. The minimum Gasteiger partial charge on any atom is -0.492 e. The highest BCUT2D eigenvalue weighted by atomic mass is 79.9. The summed E-state index contributed by atoms with van der Waals surface area (Å²) in [5.41, 5.74) is 7.23. The van der Waals surface area contributed by atoms with E-state index in [2.05, 4.69) is 52.5 Å². The van der Waals surface area contributed by atoms with Crippen LogP contribution < -0.4 is 10.5 Å². The molecule has 2 N–H and O–H groups in total. The maximum absolute atomic E-state index is 5.98. The molecule has 0 aliphatic carbocycles. The van der Waals surface area contributed by atoms with Crippen molar-refractivity contribution >= 4 is 27.3 Å². The summed E-state index contributed by atoms with van der Waals surface area (Å²) in [4.78, 5) is 1.35. The molecule has 1 aromatic heterocycles. The van der Waals surface area contributed by atoms with Gasteiger partial charge in [0.15, 0.2) is 0 Å². The van der Waals surface area contributed by atoms with Crippen molar-refractivity contribution < 1.29 is 4.74 Å². The Morgan fingerprint density at radius 2 is 2.20 bits per heavy atom. The predicted molar refractivity (Wildman–Crippen MR) is 89.6 cm³/mol. The van der Waals surface area contributed by atoms with Gasteiger partial charge in [0.25, 0.3) is 0 Å². The molecule has 0 amide bonds. The van der Waals surface area contributed by atoms with E-state index in [1.807, 2.05) is 6.07 Å². The Kier molecular flexibility index (Phi) is 6.07. The van der Waals surface area contributed by atoms with Crippen molar-refractivity contribution in [1.82, 2.24) is 0 Å². The molecule has 0 aliphatic rings. The highest BCUT2D eigenvalue weighted by molar-refractivity contribution is 9.10. The summed E-state index contributed by atoms with van der Waals surface area (Å²) < 4.78 is 6.83. The lowest BCUT2D eigenvalue weighted by atomic mass is 10.0. The first-order valence-corrected chi connectivity index (χ1v) is 8.55. The van der Waals surface area contributed by atoms with Crippen molar-refractivity contribution in [3.8, 4) is 5.75 Å². The lowest BCUT2D eigenvalue weighted by Crippen LogP contribution is -2.21. The fraction of sp³-hybridized carbons (Fsp3) is 0.375. The molecule has 1 aromatic carbocycles.